The number of hydrogen-bond donors (Lipinski definition) is 0. The molecule has 0 radical (unpaired) electrons. The average Bonchev–Trinajstić information content (AvgIpc) is 2.15. The second-order valence-corrected chi connectivity index (χ2v) is 5.06. The zero-order valence-electron chi connectivity index (χ0n) is 7.01. The first kappa shape index (κ1) is 22.2. The van der Waals surface area contributed by atoms with Crippen LogP contribution in [0.5, 0.6) is 0 Å². The van der Waals surface area contributed by atoms with E-state index < -0.39 is 11.9 Å². The van der Waals surface area contributed by atoms with E-state index >= 15 is 0 Å². The Hall–Kier alpha value is 1.96. The molecular weight excluding hydrogens is 709 g/mol. The van der Waals surface area contributed by atoms with E-state index in [9.17, 15) is 19.8 Å². The Morgan fingerprint density at radius 3 is 1.07 bits per heavy atom. The van der Waals surface area contributed by atoms with E-state index in [4.69, 9.17) is 0 Å². The van der Waals surface area contributed by atoms with Gasteiger partial charge in [0.15, 0.2) is 0 Å². The van der Waals surface area contributed by atoms with Gasteiger partial charge in [0.2, 0.25) is 0 Å². The van der Waals surface area contributed by atoms with Crippen LogP contribution in [0.2, 0.25) is 0 Å². The second-order valence-electron chi connectivity index (χ2n) is 1.49. The summed E-state index contributed by atoms with van der Waals surface area (Å²) in [4.78, 5) is 19.5. The fourth-order valence-corrected chi connectivity index (χ4v) is 0.598. The number of carboxylic acids is 2. The van der Waals surface area contributed by atoms with Gasteiger partial charge < -0.3 is 19.8 Å². The van der Waals surface area contributed by atoms with Crippen LogP contribution in [0.1, 0.15) is 0 Å². The van der Waals surface area contributed by atoms with E-state index in [0.717, 1.165) is 0 Å². The summed E-state index contributed by atoms with van der Waals surface area (Å²) in [5.41, 5.74) is 0. The monoisotopic (exact) mass is 710 g/mol. The molecule has 0 rings (SSSR count). The Kier molecular flexibility index (Phi) is 20.7. The Labute approximate surface area is 154 Å². The SMILES string of the molecule is O=C([O-])/C(I)=C/I.O=C([O-])/C(I)=C/I.[Zn+2]. The van der Waals surface area contributed by atoms with Gasteiger partial charge in [0, 0.05) is 7.16 Å². The summed E-state index contributed by atoms with van der Waals surface area (Å²) in [5.74, 6) is -2.23. The Morgan fingerprint density at radius 2 is 1.07 bits per heavy atom. The first-order valence-corrected chi connectivity index (χ1v) is 7.36. The minimum absolute atomic E-state index is 0. The van der Waals surface area contributed by atoms with E-state index in [1.807, 2.05) is 45.2 Å². The summed E-state index contributed by atoms with van der Waals surface area (Å²) in [6.07, 6.45) is 0. The van der Waals surface area contributed by atoms with Crippen LogP contribution in [0, 0.1) is 0 Å². The fraction of sp³-hybridized carbons (Fsp3) is 0. The van der Waals surface area contributed by atoms with E-state index in [1.54, 1.807) is 45.2 Å². The molecule has 0 aliphatic rings. The summed E-state index contributed by atoms with van der Waals surface area (Å²) in [6, 6.07) is 0. The molecule has 0 atom stereocenters. The molecule has 4 nitrogen and oxygen atoms in total. The zero-order valence-corrected chi connectivity index (χ0v) is 18.6. The quantitative estimate of drug-likeness (QED) is 0.243. The van der Waals surface area contributed by atoms with Crippen LogP contribution in [0.15, 0.2) is 15.3 Å². The van der Waals surface area contributed by atoms with Crippen molar-refractivity contribution in [3.63, 3.8) is 0 Å². The first-order chi connectivity index (χ1) is 6.36. The Bertz CT molecular complexity index is 248. The maximum Gasteiger partial charge on any atom is 2.00 e. The van der Waals surface area contributed by atoms with Gasteiger partial charge in [-0.05, 0) is 53.3 Å². The average molecular weight is 711 g/mol. The molecule has 9 heteroatoms. The van der Waals surface area contributed by atoms with E-state index in [0.29, 0.717) is 0 Å². The van der Waals surface area contributed by atoms with Gasteiger partial charge in [-0.3, -0.25) is 0 Å². The van der Waals surface area contributed by atoms with Crippen LogP contribution in [-0.4, -0.2) is 11.9 Å². The van der Waals surface area contributed by atoms with Crippen molar-refractivity contribution in [2.24, 2.45) is 0 Å². The maximum absolute atomic E-state index is 9.74. The van der Waals surface area contributed by atoms with E-state index in [1.165, 1.54) is 8.17 Å². The third-order valence-electron chi connectivity index (χ3n) is 0.582. The van der Waals surface area contributed by atoms with Gasteiger partial charge in [0.05, 0.1) is 11.9 Å². The van der Waals surface area contributed by atoms with Gasteiger partial charge in [-0.15, -0.1) is 0 Å². The molecule has 0 amide bonds. The van der Waals surface area contributed by atoms with Crippen molar-refractivity contribution in [2.75, 3.05) is 0 Å². The van der Waals surface area contributed by atoms with Crippen LogP contribution in [0.4, 0.5) is 0 Å². The third kappa shape index (κ3) is 16.0. The summed E-state index contributed by atoms with van der Waals surface area (Å²) in [5, 5.41) is 19.5. The number of aliphatic carboxylic acids is 2. The molecule has 0 unspecified atom stereocenters. The molecule has 80 valence electrons. The zero-order chi connectivity index (χ0) is 11.7. The maximum atomic E-state index is 9.74. The largest absolute Gasteiger partial charge is 2.00 e. The molecular formula is C6H2I4O4Zn. The van der Waals surface area contributed by atoms with Crippen molar-refractivity contribution in [3.8, 4) is 0 Å². The number of rotatable bonds is 2. The molecule has 15 heavy (non-hydrogen) atoms. The minimum atomic E-state index is -1.12. The molecule has 0 aromatic heterocycles. The fourth-order valence-electron chi connectivity index (χ4n) is 0.0891. The molecule has 0 saturated carbocycles. The number of hydrogen-bond acceptors (Lipinski definition) is 4. The molecule has 0 aliphatic carbocycles. The van der Waals surface area contributed by atoms with Crippen LogP contribution in [-0.2, 0) is 29.1 Å². The minimum Gasteiger partial charge on any atom is -0.544 e. The Morgan fingerprint density at radius 1 is 0.867 bits per heavy atom. The predicted molar refractivity (Wildman–Crippen MR) is 82.3 cm³/mol. The van der Waals surface area contributed by atoms with Gasteiger partial charge in [-0.2, -0.15) is 0 Å². The predicted octanol–water partition coefficient (Wildman–Crippen LogP) is 0.893. The number of halogens is 4. The van der Waals surface area contributed by atoms with Crippen LogP contribution >= 0.6 is 90.4 Å². The van der Waals surface area contributed by atoms with E-state index in [2.05, 4.69) is 0 Å². The molecule has 0 bridgehead atoms. The molecule has 0 heterocycles. The number of carbonyl (C=O) groups excluding carboxylic acids is 2. The summed E-state index contributed by atoms with van der Waals surface area (Å²) in [7, 11) is 0. The van der Waals surface area contributed by atoms with Gasteiger partial charge in [0.1, 0.15) is 0 Å². The molecule has 0 spiro atoms. The topological polar surface area (TPSA) is 80.3 Å². The van der Waals surface area contributed by atoms with Crippen molar-refractivity contribution in [1.29, 1.82) is 0 Å². The normalized spacial score (nSPS) is 10.7. The smallest absolute Gasteiger partial charge is 0.544 e. The van der Waals surface area contributed by atoms with Gasteiger partial charge in [0.25, 0.3) is 0 Å². The van der Waals surface area contributed by atoms with Crippen LogP contribution in [0.25, 0.3) is 0 Å². The number of carboxylic acid groups (broad SMARTS) is 2. The van der Waals surface area contributed by atoms with Crippen molar-refractivity contribution in [3.05, 3.63) is 15.3 Å². The summed E-state index contributed by atoms with van der Waals surface area (Å²) in [6.45, 7) is 0. The van der Waals surface area contributed by atoms with E-state index in [-0.39, 0.29) is 26.6 Å². The standard InChI is InChI=1S/2C3H2I2O2.Zn/c2*4-1-2(5)3(6)7;/h2*1H,(H,6,7);/q;;+2/p-2/b2*2-1-;. The van der Waals surface area contributed by atoms with Crippen molar-refractivity contribution >= 4 is 102 Å². The second kappa shape index (κ2) is 14.0. The van der Waals surface area contributed by atoms with Crippen molar-refractivity contribution < 1.29 is 39.3 Å². The molecule has 0 saturated heterocycles. The molecule has 0 aromatic carbocycles. The number of carbonyl (C=O) groups is 2. The molecule has 0 aliphatic heterocycles. The first-order valence-electron chi connectivity index (χ1n) is 2.71. The Balaban J connectivity index is -0.000000180. The summed E-state index contributed by atoms with van der Waals surface area (Å²) < 4.78 is 3.37. The molecule has 0 aromatic rings. The van der Waals surface area contributed by atoms with Crippen LogP contribution < -0.4 is 10.2 Å². The van der Waals surface area contributed by atoms with Crippen LogP contribution in [0.3, 0.4) is 0 Å². The van der Waals surface area contributed by atoms with Gasteiger partial charge in [-0.25, -0.2) is 0 Å². The van der Waals surface area contributed by atoms with Gasteiger partial charge in [-0.1, -0.05) is 45.2 Å². The summed E-state index contributed by atoms with van der Waals surface area (Å²) >= 11 is 7.05. The van der Waals surface area contributed by atoms with Crippen molar-refractivity contribution in [1.82, 2.24) is 0 Å². The van der Waals surface area contributed by atoms with Gasteiger partial charge >= 0.3 is 19.5 Å². The third-order valence-corrected chi connectivity index (χ3v) is 5.71. The molecule has 0 N–H and O–H groups in total. The molecule has 0 fully saturated rings. The van der Waals surface area contributed by atoms with Crippen molar-refractivity contribution in [2.45, 2.75) is 0 Å².